The fourth-order valence-corrected chi connectivity index (χ4v) is 3.48. The van der Waals surface area contributed by atoms with Crippen LogP contribution in [0.2, 0.25) is 0 Å². The van der Waals surface area contributed by atoms with Crippen molar-refractivity contribution < 1.29 is 8.42 Å². The monoisotopic (exact) mass is 307 g/mol. The van der Waals surface area contributed by atoms with Gasteiger partial charge < -0.3 is 5.32 Å². The smallest absolute Gasteiger partial charge is 0.301 e. The highest BCUT2D eigenvalue weighted by molar-refractivity contribution is 7.90. The third-order valence-electron chi connectivity index (χ3n) is 3.34. The number of aromatic nitrogens is 2. The molecule has 3 N–H and O–H groups in total. The number of piperazine rings is 1. The van der Waals surface area contributed by atoms with Crippen LogP contribution in [0.25, 0.3) is 11.3 Å². The Hall–Kier alpha value is -1.90. The summed E-state index contributed by atoms with van der Waals surface area (Å²) in [6.07, 6.45) is 1.66. The van der Waals surface area contributed by atoms with E-state index in [1.807, 2.05) is 18.2 Å². The van der Waals surface area contributed by atoms with E-state index in [9.17, 15) is 8.42 Å². The third-order valence-corrected chi connectivity index (χ3v) is 4.88. The first-order valence-corrected chi connectivity index (χ1v) is 8.17. The number of nitrogens with one attached hydrogen (secondary N) is 3. The summed E-state index contributed by atoms with van der Waals surface area (Å²) in [7, 11) is -3.50. The zero-order valence-electron chi connectivity index (χ0n) is 11.4. The molecule has 3 rings (SSSR count). The summed E-state index contributed by atoms with van der Waals surface area (Å²) in [4.78, 5) is 0. The van der Waals surface area contributed by atoms with E-state index in [2.05, 4.69) is 20.2 Å². The summed E-state index contributed by atoms with van der Waals surface area (Å²) >= 11 is 0. The molecule has 1 aliphatic rings. The first kappa shape index (κ1) is 14.1. The molecule has 7 nitrogen and oxygen atoms in total. The minimum Gasteiger partial charge on any atom is -0.314 e. The van der Waals surface area contributed by atoms with Crippen molar-refractivity contribution in [2.24, 2.45) is 0 Å². The van der Waals surface area contributed by atoms with Crippen molar-refractivity contribution in [3.05, 3.63) is 36.5 Å². The second-order valence-electron chi connectivity index (χ2n) is 4.81. The molecule has 0 spiro atoms. The molecule has 8 heteroatoms. The van der Waals surface area contributed by atoms with E-state index < -0.39 is 10.2 Å². The van der Waals surface area contributed by atoms with Crippen LogP contribution in [0.3, 0.4) is 0 Å². The first-order valence-electron chi connectivity index (χ1n) is 6.73. The minimum absolute atomic E-state index is 0.482. The largest absolute Gasteiger partial charge is 0.314 e. The van der Waals surface area contributed by atoms with Crippen molar-refractivity contribution >= 4 is 15.9 Å². The maximum Gasteiger partial charge on any atom is 0.301 e. The van der Waals surface area contributed by atoms with Crippen molar-refractivity contribution in [1.82, 2.24) is 19.8 Å². The number of benzene rings is 1. The van der Waals surface area contributed by atoms with E-state index in [1.165, 1.54) is 4.31 Å². The van der Waals surface area contributed by atoms with Gasteiger partial charge in [0.05, 0.1) is 11.4 Å². The molecular formula is C13H17N5O2S. The maximum absolute atomic E-state index is 12.3. The molecule has 0 aliphatic carbocycles. The van der Waals surface area contributed by atoms with E-state index in [0.29, 0.717) is 31.9 Å². The molecule has 1 aromatic heterocycles. The summed E-state index contributed by atoms with van der Waals surface area (Å²) < 4.78 is 28.7. The third kappa shape index (κ3) is 3.23. The van der Waals surface area contributed by atoms with Gasteiger partial charge in [-0.2, -0.15) is 17.8 Å². The Morgan fingerprint density at radius 1 is 1.19 bits per heavy atom. The number of hydrogen-bond acceptors (Lipinski definition) is 4. The van der Waals surface area contributed by atoms with Crippen LogP contribution >= 0.6 is 0 Å². The van der Waals surface area contributed by atoms with Gasteiger partial charge in [-0.15, -0.1) is 0 Å². The van der Waals surface area contributed by atoms with E-state index in [-0.39, 0.29) is 0 Å². The van der Waals surface area contributed by atoms with E-state index in [4.69, 9.17) is 0 Å². The standard InChI is InChI=1S/C13H17N5O2S/c19-21(20,18-8-6-14-7-9-18)17-12-3-1-2-11(10-12)13-4-5-15-16-13/h1-5,10,14,17H,6-9H2,(H,15,16). The van der Waals surface area contributed by atoms with E-state index in [1.54, 1.807) is 18.3 Å². The highest BCUT2D eigenvalue weighted by Crippen LogP contribution is 2.21. The van der Waals surface area contributed by atoms with E-state index in [0.717, 1.165) is 11.3 Å². The van der Waals surface area contributed by atoms with Crippen molar-refractivity contribution in [3.8, 4) is 11.3 Å². The summed E-state index contributed by atoms with van der Waals surface area (Å²) in [5.74, 6) is 0. The number of anilines is 1. The number of rotatable bonds is 4. The second kappa shape index (κ2) is 5.84. The lowest BCUT2D eigenvalue weighted by Crippen LogP contribution is -2.48. The van der Waals surface area contributed by atoms with Gasteiger partial charge in [0, 0.05) is 37.9 Å². The molecule has 21 heavy (non-hydrogen) atoms. The van der Waals surface area contributed by atoms with Crippen molar-refractivity contribution in [3.63, 3.8) is 0 Å². The first-order chi connectivity index (χ1) is 10.1. The number of nitrogens with zero attached hydrogens (tertiary/aromatic N) is 2. The molecule has 1 fully saturated rings. The Morgan fingerprint density at radius 3 is 2.71 bits per heavy atom. The lowest BCUT2D eigenvalue weighted by Gasteiger charge is -2.26. The SMILES string of the molecule is O=S(=O)(Nc1cccc(-c2ccn[nH]2)c1)N1CCNCC1. The molecule has 0 atom stereocenters. The zero-order valence-corrected chi connectivity index (χ0v) is 12.2. The minimum atomic E-state index is -3.50. The van der Waals surface area contributed by atoms with Gasteiger partial charge in [-0.05, 0) is 18.2 Å². The van der Waals surface area contributed by atoms with Crippen LogP contribution in [-0.2, 0) is 10.2 Å². The Labute approximate surface area is 123 Å². The zero-order chi connectivity index (χ0) is 14.7. The summed E-state index contributed by atoms with van der Waals surface area (Å²) in [6.45, 7) is 2.31. The van der Waals surface area contributed by atoms with E-state index >= 15 is 0 Å². The fraction of sp³-hybridized carbons (Fsp3) is 0.308. The van der Waals surface area contributed by atoms with Crippen molar-refractivity contribution in [2.45, 2.75) is 0 Å². The van der Waals surface area contributed by atoms with Crippen molar-refractivity contribution in [1.29, 1.82) is 0 Å². The quantitative estimate of drug-likeness (QED) is 0.773. The van der Waals surface area contributed by atoms with Gasteiger partial charge >= 0.3 is 10.2 Å². The molecule has 0 amide bonds. The van der Waals surface area contributed by atoms with Gasteiger partial charge in [0.25, 0.3) is 0 Å². The Morgan fingerprint density at radius 2 is 2.00 bits per heavy atom. The van der Waals surface area contributed by atoms with Gasteiger partial charge in [0.2, 0.25) is 0 Å². The van der Waals surface area contributed by atoms with Crippen LogP contribution in [-0.4, -0.2) is 49.1 Å². The summed E-state index contributed by atoms with van der Waals surface area (Å²) in [5.41, 5.74) is 2.27. The average Bonchev–Trinajstić information content (AvgIpc) is 3.02. The number of aromatic amines is 1. The molecule has 1 saturated heterocycles. The molecule has 0 radical (unpaired) electrons. The number of hydrogen-bond donors (Lipinski definition) is 3. The molecule has 0 bridgehead atoms. The van der Waals surface area contributed by atoms with Gasteiger partial charge in [-0.3, -0.25) is 9.82 Å². The Bertz CT molecular complexity index is 693. The van der Waals surface area contributed by atoms with Crippen molar-refractivity contribution in [2.75, 3.05) is 30.9 Å². The van der Waals surface area contributed by atoms with Gasteiger partial charge in [0.1, 0.15) is 0 Å². The Balaban J connectivity index is 1.80. The maximum atomic E-state index is 12.3. The van der Waals surface area contributed by atoms with Crippen LogP contribution in [0, 0.1) is 0 Å². The fourth-order valence-electron chi connectivity index (χ4n) is 2.27. The van der Waals surface area contributed by atoms with Gasteiger partial charge in [0.15, 0.2) is 0 Å². The lowest BCUT2D eigenvalue weighted by atomic mass is 10.1. The molecule has 1 aliphatic heterocycles. The lowest BCUT2D eigenvalue weighted by molar-refractivity contribution is 0.362. The highest BCUT2D eigenvalue weighted by atomic mass is 32.2. The van der Waals surface area contributed by atoms with Gasteiger partial charge in [-0.1, -0.05) is 12.1 Å². The predicted octanol–water partition coefficient (Wildman–Crippen LogP) is 0.639. The predicted molar refractivity (Wildman–Crippen MR) is 81.0 cm³/mol. The Kier molecular flexibility index (Phi) is 3.91. The summed E-state index contributed by atoms with van der Waals surface area (Å²) in [6, 6.07) is 9.07. The summed E-state index contributed by atoms with van der Waals surface area (Å²) in [5, 5.41) is 9.89. The van der Waals surface area contributed by atoms with Gasteiger partial charge in [-0.25, -0.2) is 0 Å². The highest BCUT2D eigenvalue weighted by Gasteiger charge is 2.23. The molecule has 2 aromatic rings. The molecule has 1 aromatic carbocycles. The molecule has 2 heterocycles. The second-order valence-corrected chi connectivity index (χ2v) is 6.48. The van der Waals surface area contributed by atoms with Crippen LogP contribution in [0.4, 0.5) is 5.69 Å². The topological polar surface area (TPSA) is 90.1 Å². The molecule has 112 valence electrons. The molecular weight excluding hydrogens is 290 g/mol. The average molecular weight is 307 g/mol. The van der Waals surface area contributed by atoms with Crippen LogP contribution < -0.4 is 10.0 Å². The van der Waals surface area contributed by atoms with Crippen LogP contribution in [0.15, 0.2) is 36.5 Å². The van der Waals surface area contributed by atoms with Crippen LogP contribution in [0.1, 0.15) is 0 Å². The molecule has 0 saturated carbocycles. The molecule has 0 unspecified atom stereocenters. The number of H-pyrrole nitrogens is 1. The van der Waals surface area contributed by atoms with Crippen LogP contribution in [0.5, 0.6) is 0 Å². The normalized spacial score (nSPS) is 16.8.